The molecule has 0 aliphatic carbocycles. The monoisotopic (exact) mass is 379 g/mol. The molecule has 0 aliphatic rings. The number of fused-ring (bicyclic) bond motifs is 2. The molecule has 2 aromatic carbocycles. The topological polar surface area (TPSA) is 72.7 Å². The van der Waals surface area contributed by atoms with Crippen molar-refractivity contribution in [1.29, 1.82) is 0 Å². The van der Waals surface area contributed by atoms with Crippen molar-refractivity contribution >= 4 is 39.2 Å². The normalized spacial score (nSPS) is 11.1. The summed E-state index contributed by atoms with van der Waals surface area (Å²) < 4.78 is 1.64. The van der Waals surface area contributed by atoms with Crippen LogP contribution in [0, 0.1) is 0 Å². The van der Waals surface area contributed by atoms with Crippen molar-refractivity contribution < 1.29 is 4.79 Å². The van der Waals surface area contributed by atoms with E-state index in [1.54, 1.807) is 30.1 Å². The Morgan fingerprint density at radius 2 is 1.79 bits per heavy atom. The maximum atomic E-state index is 11.7. The first-order valence-corrected chi connectivity index (χ1v) is 9.25. The maximum absolute atomic E-state index is 11.7. The van der Waals surface area contributed by atoms with Gasteiger partial charge in [-0.05, 0) is 48.5 Å². The van der Waals surface area contributed by atoms with Crippen LogP contribution >= 0.6 is 0 Å². The van der Waals surface area contributed by atoms with Gasteiger partial charge in [-0.15, -0.1) is 0 Å². The van der Waals surface area contributed by atoms with E-state index in [0.717, 1.165) is 38.9 Å². The molecule has 0 unspecified atom stereocenters. The molecule has 5 aromatic rings. The van der Waals surface area contributed by atoms with Gasteiger partial charge in [0.2, 0.25) is 5.91 Å². The minimum atomic E-state index is -0.00973. The van der Waals surface area contributed by atoms with E-state index in [2.05, 4.69) is 10.3 Å². The van der Waals surface area contributed by atoms with Crippen molar-refractivity contribution in [2.45, 2.75) is 6.92 Å². The number of para-hydroxylation sites is 1. The van der Waals surface area contributed by atoms with Crippen molar-refractivity contribution in [3.8, 4) is 11.4 Å². The molecule has 0 bridgehead atoms. The highest BCUT2D eigenvalue weighted by atomic mass is 16.1. The maximum Gasteiger partial charge on any atom is 0.227 e. The third-order valence-electron chi connectivity index (χ3n) is 4.83. The lowest BCUT2D eigenvalue weighted by molar-refractivity contribution is 0.0941. The Bertz CT molecular complexity index is 1360. The number of carbonyl (C=O) groups excluding carboxylic acids is 1. The van der Waals surface area contributed by atoms with E-state index in [1.807, 2.05) is 60.7 Å². The van der Waals surface area contributed by atoms with Gasteiger partial charge >= 0.3 is 0 Å². The van der Waals surface area contributed by atoms with Crippen molar-refractivity contribution in [3.05, 3.63) is 79.3 Å². The highest BCUT2D eigenvalue weighted by Crippen LogP contribution is 2.28. The summed E-state index contributed by atoms with van der Waals surface area (Å²) in [7, 11) is 0. The largest absolute Gasteiger partial charge is 0.340 e. The summed E-state index contributed by atoms with van der Waals surface area (Å²) in [6.45, 7) is 1.55. The van der Waals surface area contributed by atoms with Gasteiger partial charge < -0.3 is 5.32 Å². The SMILES string of the molecule is CC(=O)n1ccc2cc(Nc3nc(-c4ccncc4)nc4ccccc34)ccc21. The van der Waals surface area contributed by atoms with Crippen LogP contribution in [0.1, 0.15) is 11.7 Å². The quantitative estimate of drug-likeness (QED) is 0.475. The summed E-state index contributed by atoms with van der Waals surface area (Å²) in [4.78, 5) is 25.3. The molecule has 6 heteroatoms. The van der Waals surface area contributed by atoms with Crippen LogP contribution in [0.3, 0.4) is 0 Å². The van der Waals surface area contributed by atoms with E-state index in [9.17, 15) is 4.79 Å². The van der Waals surface area contributed by atoms with Gasteiger partial charge in [-0.3, -0.25) is 14.3 Å². The Labute approximate surface area is 166 Å². The molecule has 0 amide bonds. The zero-order valence-electron chi connectivity index (χ0n) is 15.7. The Morgan fingerprint density at radius 1 is 0.966 bits per heavy atom. The number of anilines is 2. The summed E-state index contributed by atoms with van der Waals surface area (Å²) in [6, 6.07) is 19.5. The third kappa shape index (κ3) is 3.10. The predicted octanol–water partition coefficient (Wildman–Crippen LogP) is 5.05. The molecule has 0 saturated carbocycles. The molecule has 0 radical (unpaired) electrons. The van der Waals surface area contributed by atoms with Crippen LogP contribution in [0.4, 0.5) is 11.5 Å². The molecule has 3 aromatic heterocycles. The smallest absolute Gasteiger partial charge is 0.227 e. The van der Waals surface area contributed by atoms with Gasteiger partial charge in [0.15, 0.2) is 5.82 Å². The second kappa shape index (κ2) is 6.83. The molecular formula is C23H17N5O. The molecule has 29 heavy (non-hydrogen) atoms. The zero-order valence-corrected chi connectivity index (χ0v) is 15.7. The van der Waals surface area contributed by atoms with Gasteiger partial charge in [0.1, 0.15) is 5.82 Å². The fraction of sp³-hybridized carbons (Fsp3) is 0.0435. The first-order chi connectivity index (χ1) is 14.2. The molecule has 1 N–H and O–H groups in total. The van der Waals surface area contributed by atoms with Gasteiger partial charge in [0, 0.05) is 47.5 Å². The molecule has 0 saturated heterocycles. The van der Waals surface area contributed by atoms with E-state index in [-0.39, 0.29) is 5.91 Å². The highest BCUT2D eigenvalue weighted by molar-refractivity contribution is 5.95. The fourth-order valence-electron chi connectivity index (χ4n) is 3.43. The van der Waals surface area contributed by atoms with Crippen LogP contribution in [-0.4, -0.2) is 25.4 Å². The molecule has 0 atom stereocenters. The number of pyridine rings is 1. The molecule has 3 heterocycles. The molecular weight excluding hydrogens is 362 g/mol. The van der Waals surface area contributed by atoms with E-state index < -0.39 is 0 Å². The number of hydrogen-bond acceptors (Lipinski definition) is 5. The molecule has 6 nitrogen and oxygen atoms in total. The van der Waals surface area contributed by atoms with E-state index in [0.29, 0.717) is 5.82 Å². The summed E-state index contributed by atoms with van der Waals surface area (Å²) >= 11 is 0. The van der Waals surface area contributed by atoms with Gasteiger partial charge in [0.25, 0.3) is 0 Å². The third-order valence-corrected chi connectivity index (χ3v) is 4.83. The fourth-order valence-corrected chi connectivity index (χ4v) is 3.43. The van der Waals surface area contributed by atoms with Crippen LogP contribution in [-0.2, 0) is 0 Å². The minimum Gasteiger partial charge on any atom is -0.340 e. The number of carbonyl (C=O) groups is 1. The summed E-state index contributed by atoms with van der Waals surface area (Å²) in [5, 5.41) is 5.35. The van der Waals surface area contributed by atoms with Gasteiger partial charge in [-0.25, -0.2) is 9.97 Å². The average molecular weight is 379 g/mol. The standard InChI is InChI=1S/C23H17N5O/c1-15(29)28-13-10-17-14-18(6-7-21(17)28)25-23-19-4-2-3-5-20(19)26-22(27-23)16-8-11-24-12-9-16/h2-14H,1H3,(H,25,26,27). The van der Waals surface area contributed by atoms with Crippen LogP contribution in [0.5, 0.6) is 0 Å². The number of aromatic nitrogens is 4. The first kappa shape index (κ1) is 17.1. The predicted molar refractivity (Wildman–Crippen MR) is 114 cm³/mol. The number of hydrogen-bond donors (Lipinski definition) is 1. The first-order valence-electron chi connectivity index (χ1n) is 9.25. The lowest BCUT2D eigenvalue weighted by atomic mass is 10.2. The Balaban J connectivity index is 1.61. The Hall–Kier alpha value is -4.06. The summed E-state index contributed by atoms with van der Waals surface area (Å²) in [5.74, 6) is 1.36. The molecule has 0 fully saturated rings. The van der Waals surface area contributed by atoms with E-state index in [1.165, 1.54) is 0 Å². The van der Waals surface area contributed by atoms with Gasteiger partial charge in [-0.1, -0.05) is 12.1 Å². The minimum absolute atomic E-state index is 0.00973. The number of benzene rings is 2. The summed E-state index contributed by atoms with van der Waals surface area (Å²) in [5.41, 5.74) is 3.54. The Kier molecular flexibility index (Phi) is 4.02. The zero-order chi connectivity index (χ0) is 19.8. The van der Waals surface area contributed by atoms with Gasteiger partial charge in [-0.2, -0.15) is 0 Å². The molecule has 0 aliphatic heterocycles. The lowest BCUT2D eigenvalue weighted by Crippen LogP contribution is -2.03. The Morgan fingerprint density at radius 3 is 2.62 bits per heavy atom. The van der Waals surface area contributed by atoms with Crippen LogP contribution in [0.15, 0.2) is 79.3 Å². The number of rotatable bonds is 3. The molecule has 140 valence electrons. The van der Waals surface area contributed by atoms with Gasteiger partial charge in [0.05, 0.1) is 11.0 Å². The highest BCUT2D eigenvalue weighted by Gasteiger charge is 2.11. The lowest BCUT2D eigenvalue weighted by Gasteiger charge is -2.11. The molecule has 5 rings (SSSR count). The van der Waals surface area contributed by atoms with Crippen molar-refractivity contribution in [2.75, 3.05) is 5.32 Å². The summed E-state index contributed by atoms with van der Waals surface area (Å²) in [6.07, 6.45) is 5.25. The number of nitrogens with one attached hydrogen (secondary N) is 1. The number of nitrogens with zero attached hydrogens (tertiary/aromatic N) is 4. The average Bonchev–Trinajstić information content (AvgIpc) is 3.18. The second-order valence-corrected chi connectivity index (χ2v) is 6.75. The van der Waals surface area contributed by atoms with Crippen LogP contribution < -0.4 is 5.32 Å². The van der Waals surface area contributed by atoms with Crippen molar-refractivity contribution in [1.82, 2.24) is 19.5 Å². The molecule has 0 spiro atoms. The van der Waals surface area contributed by atoms with Crippen molar-refractivity contribution in [3.63, 3.8) is 0 Å². The van der Waals surface area contributed by atoms with E-state index in [4.69, 9.17) is 9.97 Å². The second-order valence-electron chi connectivity index (χ2n) is 6.75. The van der Waals surface area contributed by atoms with Crippen LogP contribution in [0.25, 0.3) is 33.2 Å². The van der Waals surface area contributed by atoms with Crippen LogP contribution in [0.2, 0.25) is 0 Å². The van der Waals surface area contributed by atoms with Crippen molar-refractivity contribution in [2.24, 2.45) is 0 Å². The van der Waals surface area contributed by atoms with E-state index >= 15 is 0 Å².